The maximum absolute atomic E-state index is 11.3. The highest BCUT2D eigenvalue weighted by Crippen LogP contribution is 2.21. The molecule has 1 aliphatic heterocycles. The zero-order valence-corrected chi connectivity index (χ0v) is 22.9. The van der Waals surface area contributed by atoms with Crippen LogP contribution in [0.3, 0.4) is 0 Å². The lowest BCUT2D eigenvalue weighted by molar-refractivity contribution is -0.778. The number of carbonyl (C=O) groups is 1. The van der Waals surface area contributed by atoms with Gasteiger partial charge in [0.15, 0.2) is 6.54 Å². The minimum Gasteiger partial charge on any atom is -0.477 e. The lowest BCUT2D eigenvalue weighted by Gasteiger charge is -2.30. The molecule has 0 bridgehead atoms. The maximum Gasteiger partial charge on any atom is 0.360 e. The number of aliphatic imine (C=N–C) groups is 1. The summed E-state index contributed by atoms with van der Waals surface area (Å²) in [4.78, 5) is 15.8. The molecule has 0 saturated heterocycles. The predicted molar refractivity (Wildman–Crippen MR) is 150 cm³/mol. The van der Waals surface area contributed by atoms with Crippen LogP contribution in [0.4, 0.5) is 0 Å². The topological polar surface area (TPSA) is 75.7 Å². The minimum atomic E-state index is -0.798. The van der Waals surface area contributed by atoms with Crippen molar-refractivity contribution in [2.45, 2.75) is 135 Å². The summed E-state index contributed by atoms with van der Waals surface area (Å²) in [6.45, 7) is 3.40. The number of nitrogens with two attached hydrogens (primary N) is 1. The van der Waals surface area contributed by atoms with Crippen LogP contribution in [0.25, 0.3) is 0 Å². The average molecular weight is 491 g/mol. The number of nitrogens with zero attached hydrogens (tertiary/aromatic N) is 2. The SMILES string of the molecule is CCCCCCCC/C=C/CCCCCCCCCCCCCC1=NC=C[N+]1(CCN)CC(=O)O. The van der Waals surface area contributed by atoms with Gasteiger partial charge in [-0.1, -0.05) is 109 Å². The van der Waals surface area contributed by atoms with E-state index in [2.05, 4.69) is 24.1 Å². The molecule has 1 atom stereocenters. The Morgan fingerprint density at radius 3 is 1.80 bits per heavy atom. The Bertz CT molecular complexity index is 615. The molecular formula is C30H56N3O2+. The number of aliphatic carboxylic acids is 1. The summed E-state index contributed by atoms with van der Waals surface area (Å²) in [5.41, 5.74) is 5.74. The lowest BCUT2D eigenvalue weighted by Crippen LogP contribution is -2.52. The molecule has 35 heavy (non-hydrogen) atoms. The Balaban J connectivity index is 1.88. The monoisotopic (exact) mass is 490 g/mol. The fourth-order valence-electron chi connectivity index (χ4n) is 5.05. The number of unbranched alkanes of at least 4 members (excludes halogenated alkanes) is 17. The largest absolute Gasteiger partial charge is 0.477 e. The third-order valence-corrected chi connectivity index (χ3v) is 7.20. The summed E-state index contributed by atoms with van der Waals surface area (Å²) >= 11 is 0. The summed E-state index contributed by atoms with van der Waals surface area (Å²) in [5.74, 6) is 0.166. The molecule has 1 aliphatic rings. The lowest BCUT2D eigenvalue weighted by atomic mass is 10.0. The first-order valence-corrected chi connectivity index (χ1v) is 14.8. The van der Waals surface area contributed by atoms with Gasteiger partial charge < -0.3 is 10.8 Å². The third-order valence-electron chi connectivity index (χ3n) is 7.20. The van der Waals surface area contributed by atoms with E-state index < -0.39 is 5.97 Å². The van der Waals surface area contributed by atoms with Crippen molar-refractivity contribution in [2.24, 2.45) is 10.7 Å². The van der Waals surface area contributed by atoms with E-state index in [4.69, 9.17) is 5.73 Å². The zero-order valence-electron chi connectivity index (χ0n) is 22.9. The number of carboxylic acid groups (broad SMARTS) is 1. The molecule has 3 N–H and O–H groups in total. The Morgan fingerprint density at radius 1 is 0.829 bits per heavy atom. The molecular weight excluding hydrogens is 434 g/mol. The first kappa shape index (κ1) is 31.6. The maximum atomic E-state index is 11.3. The van der Waals surface area contributed by atoms with Crippen molar-refractivity contribution in [3.63, 3.8) is 0 Å². The summed E-state index contributed by atoms with van der Waals surface area (Å²) in [6.07, 6.45) is 34.7. The minimum absolute atomic E-state index is 0.0441. The van der Waals surface area contributed by atoms with E-state index in [1.54, 1.807) is 6.20 Å². The normalized spacial score (nSPS) is 17.5. The van der Waals surface area contributed by atoms with Gasteiger partial charge in [0, 0.05) is 13.0 Å². The second-order valence-corrected chi connectivity index (χ2v) is 10.4. The van der Waals surface area contributed by atoms with Gasteiger partial charge in [-0.2, -0.15) is 0 Å². The molecule has 0 spiro atoms. The molecule has 5 heteroatoms. The van der Waals surface area contributed by atoms with Gasteiger partial charge in [0.25, 0.3) is 0 Å². The summed E-state index contributed by atoms with van der Waals surface area (Å²) in [6, 6.07) is 0. The van der Waals surface area contributed by atoms with E-state index in [0.717, 1.165) is 18.7 Å². The van der Waals surface area contributed by atoms with Crippen LogP contribution in [0.1, 0.15) is 135 Å². The highest BCUT2D eigenvalue weighted by molar-refractivity contribution is 5.81. The van der Waals surface area contributed by atoms with Gasteiger partial charge in [0.2, 0.25) is 5.84 Å². The second kappa shape index (κ2) is 21.8. The molecule has 5 nitrogen and oxygen atoms in total. The number of amidine groups is 1. The van der Waals surface area contributed by atoms with Crippen LogP contribution >= 0.6 is 0 Å². The highest BCUT2D eigenvalue weighted by Gasteiger charge is 2.36. The van der Waals surface area contributed by atoms with Crippen molar-refractivity contribution in [2.75, 3.05) is 19.6 Å². The number of allylic oxidation sites excluding steroid dienone is 2. The van der Waals surface area contributed by atoms with E-state index in [1.165, 1.54) is 116 Å². The Labute approximate surface area is 216 Å². The van der Waals surface area contributed by atoms with Gasteiger partial charge in [-0.15, -0.1) is 0 Å². The Morgan fingerprint density at radius 2 is 1.31 bits per heavy atom. The number of hydrogen-bond acceptors (Lipinski definition) is 3. The van der Waals surface area contributed by atoms with Crippen LogP contribution in [0.2, 0.25) is 0 Å². The van der Waals surface area contributed by atoms with E-state index in [9.17, 15) is 9.90 Å². The Kier molecular flexibility index (Phi) is 19.7. The summed E-state index contributed by atoms with van der Waals surface area (Å²) in [5, 5.41) is 9.28. The van der Waals surface area contributed by atoms with Crippen LogP contribution in [0.5, 0.6) is 0 Å². The molecule has 0 saturated carbocycles. The molecule has 0 aromatic rings. The molecule has 0 aliphatic carbocycles. The van der Waals surface area contributed by atoms with Crippen LogP contribution < -0.4 is 5.73 Å². The smallest absolute Gasteiger partial charge is 0.360 e. The first-order chi connectivity index (χ1) is 17.1. The van der Waals surface area contributed by atoms with E-state index in [-0.39, 0.29) is 6.54 Å². The molecule has 0 aromatic carbocycles. The Hall–Kier alpha value is -1.46. The second-order valence-electron chi connectivity index (χ2n) is 10.4. The van der Waals surface area contributed by atoms with Crippen molar-refractivity contribution in [3.05, 3.63) is 24.6 Å². The van der Waals surface area contributed by atoms with Gasteiger partial charge >= 0.3 is 5.97 Å². The van der Waals surface area contributed by atoms with Crippen molar-refractivity contribution in [3.8, 4) is 0 Å². The van der Waals surface area contributed by atoms with Gasteiger partial charge in [0.05, 0.1) is 6.20 Å². The predicted octanol–water partition coefficient (Wildman–Crippen LogP) is 8.11. The molecule has 0 radical (unpaired) electrons. The summed E-state index contributed by atoms with van der Waals surface area (Å²) < 4.78 is 0.307. The number of rotatable bonds is 25. The van der Waals surface area contributed by atoms with E-state index in [1.807, 2.05) is 6.20 Å². The van der Waals surface area contributed by atoms with E-state index >= 15 is 0 Å². The molecule has 1 rings (SSSR count). The zero-order chi connectivity index (χ0) is 25.5. The highest BCUT2D eigenvalue weighted by atomic mass is 16.4. The van der Waals surface area contributed by atoms with Crippen LogP contribution in [0, 0.1) is 0 Å². The molecule has 0 fully saturated rings. The molecule has 0 aromatic heterocycles. The van der Waals surface area contributed by atoms with Gasteiger partial charge in [-0.05, 0) is 32.1 Å². The first-order valence-electron chi connectivity index (χ1n) is 14.8. The standard InChI is InChI=1S/C30H55N3O2/c1-2-3-4-5-6-7-8-9-10-11-12-13-14-15-16-17-18-19-20-21-22-23-29-32-25-27-33(29,26-24-31)28-30(34)35/h9-10,25,27H,2-8,11-24,26,28,31H2,1H3/p+1/b10-9+. The quantitative estimate of drug-likeness (QED) is 0.0771. The van der Waals surface area contributed by atoms with Crippen LogP contribution in [0.15, 0.2) is 29.5 Å². The van der Waals surface area contributed by atoms with Gasteiger partial charge in [-0.3, -0.25) is 0 Å². The number of hydrogen-bond donors (Lipinski definition) is 2. The van der Waals surface area contributed by atoms with Crippen molar-refractivity contribution in [1.29, 1.82) is 0 Å². The van der Waals surface area contributed by atoms with Gasteiger partial charge in [0.1, 0.15) is 12.7 Å². The van der Waals surface area contributed by atoms with Gasteiger partial charge in [-0.25, -0.2) is 14.3 Å². The number of carboxylic acids is 1. The molecule has 202 valence electrons. The summed E-state index contributed by atoms with van der Waals surface area (Å²) in [7, 11) is 0. The average Bonchev–Trinajstić information content (AvgIpc) is 3.21. The van der Waals surface area contributed by atoms with Crippen molar-refractivity contribution >= 4 is 11.8 Å². The molecule has 1 heterocycles. The van der Waals surface area contributed by atoms with Crippen molar-refractivity contribution < 1.29 is 14.4 Å². The number of quaternary nitrogens is 1. The molecule has 0 amide bonds. The van der Waals surface area contributed by atoms with E-state index in [0.29, 0.717) is 17.6 Å². The van der Waals surface area contributed by atoms with Crippen LogP contribution in [-0.4, -0.2) is 41.0 Å². The molecule has 1 unspecified atom stereocenters. The fourth-order valence-corrected chi connectivity index (χ4v) is 5.05. The van der Waals surface area contributed by atoms with Crippen LogP contribution in [-0.2, 0) is 4.79 Å². The van der Waals surface area contributed by atoms with Crippen molar-refractivity contribution in [1.82, 2.24) is 0 Å². The third kappa shape index (κ3) is 16.0. The fraction of sp³-hybridized carbons (Fsp3) is 0.800.